The maximum atomic E-state index is 13.0. The summed E-state index contributed by atoms with van der Waals surface area (Å²) < 4.78 is 39.1. The van der Waals surface area contributed by atoms with Gasteiger partial charge in [0.1, 0.15) is 5.82 Å². The van der Waals surface area contributed by atoms with Gasteiger partial charge in [-0.15, -0.1) is 6.58 Å². The fraction of sp³-hybridized carbons (Fsp3) is 0.100. The van der Waals surface area contributed by atoms with Crippen LogP contribution in [0.3, 0.4) is 0 Å². The molecule has 1 aromatic heterocycles. The molecule has 0 unspecified atom stereocenters. The van der Waals surface area contributed by atoms with Crippen molar-refractivity contribution in [3.8, 4) is 22.6 Å². The summed E-state index contributed by atoms with van der Waals surface area (Å²) in [6, 6.07) is 16.0. The molecule has 0 bridgehead atoms. The highest BCUT2D eigenvalue weighted by molar-refractivity contribution is 5.68. The third-order valence-electron chi connectivity index (χ3n) is 3.67. The summed E-state index contributed by atoms with van der Waals surface area (Å²) in [5, 5.41) is 3.07. The van der Waals surface area contributed by atoms with Crippen molar-refractivity contribution in [1.29, 1.82) is 0 Å². The van der Waals surface area contributed by atoms with Crippen LogP contribution in [0.2, 0.25) is 0 Å². The van der Waals surface area contributed by atoms with Crippen LogP contribution in [-0.2, 0) is 6.18 Å². The quantitative estimate of drug-likeness (QED) is 0.621. The van der Waals surface area contributed by atoms with Crippen LogP contribution in [0.4, 0.5) is 19.0 Å². The van der Waals surface area contributed by atoms with E-state index in [4.69, 9.17) is 0 Å². The number of hydrogen-bond acceptors (Lipinski definition) is 3. The second-order valence-corrected chi connectivity index (χ2v) is 5.58. The first kappa shape index (κ1) is 17.7. The van der Waals surface area contributed by atoms with Gasteiger partial charge < -0.3 is 5.32 Å². The maximum Gasteiger partial charge on any atom is 0.416 e. The second kappa shape index (κ2) is 7.39. The molecule has 0 spiro atoms. The standard InChI is InChI=1S/C20H16F3N3/c1-2-11-24-18-13-17(15-9-6-10-16(12-15)20(21,22)23)25-19(26-18)14-7-4-3-5-8-14/h2-10,12-13H,1,11H2,(H,24,25,26). The van der Waals surface area contributed by atoms with Gasteiger partial charge in [0.05, 0.1) is 11.3 Å². The summed E-state index contributed by atoms with van der Waals surface area (Å²) in [4.78, 5) is 8.91. The summed E-state index contributed by atoms with van der Waals surface area (Å²) in [6.07, 6.45) is -2.73. The Hall–Kier alpha value is -3.15. The van der Waals surface area contributed by atoms with Crippen molar-refractivity contribution in [2.75, 3.05) is 11.9 Å². The van der Waals surface area contributed by atoms with E-state index in [1.807, 2.05) is 30.3 Å². The van der Waals surface area contributed by atoms with Crippen LogP contribution in [0.1, 0.15) is 5.56 Å². The van der Waals surface area contributed by atoms with Gasteiger partial charge in [0, 0.05) is 23.7 Å². The predicted molar refractivity (Wildman–Crippen MR) is 96.6 cm³/mol. The lowest BCUT2D eigenvalue weighted by molar-refractivity contribution is -0.137. The molecule has 0 aliphatic rings. The first-order chi connectivity index (χ1) is 12.5. The summed E-state index contributed by atoms with van der Waals surface area (Å²) in [5.41, 5.74) is 0.857. The van der Waals surface area contributed by atoms with Crippen molar-refractivity contribution < 1.29 is 13.2 Å². The van der Waals surface area contributed by atoms with E-state index in [9.17, 15) is 13.2 Å². The van der Waals surface area contributed by atoms with Crippen molar-refractivity contribution in [2.45, 2.75) is 6.18 Å². The third kappa shape index (κ3) is 4.08. The highest BCUT2D eigenvalue weighted by atomic mass is 19.4. The second-order valence-electron chi connectivity index (χ2n) is 5.58. The topological polar surface area (TPSA) is 37.8 Å². The largest absolute Gasteiger partial charge is 0.416 e. The van der Waals surface area contributed by atoms with Crippen LogP contribution >= 0.6 is 0 Å². The van der Waals surface area contributed by atoms with Crippen LogP contribution in [0, 0.1) is 0 Å². The van der Waals surface area contributed by atoms with Gasteiger partial charge in [-0.1, -0.05) is 48.5 Å². The lowest BCUT2D eigenvalue weighted by Crippen LogP contribution is -2.06. The van der Waals surface area contributed by atoms with Gasteiger partial charge in [0.25, 0.3) is 0 Å². The smallest absolute Gasteiger partial charge is 0.366 e. The average molecular weight is 355 g/mol. The molecule has 1 heterocycles. The van der Waals surface area contributed by atoms with Gasteiger partial charge >= 0.3 is 6.18 Å². The van der Waals surface area contributed by atoms with Crippen LogP contribution in [0.25, 0.3) is 22.6 Å². The van der Waals surface area contributed by atoms with E-state index in [0.717, 1.165) is 17.7 Å². The fourth-order valence-corrected chi connectivity index (χ4v) is 2.43. The molecule has 2 aromatic carbocycles. The van der Waals surface area contributed by atoms with E-state index in [2.05, 4.69) is 21.9 Å². The number of aromatic nitrogens is 2. The Morgan fingerprint density at radius 2 is 1.65 bits per heavy atom. The number of halogens is 3. The first-order valence-electron chi connectivity index (χ1n) is 7.94. The Labute approximate surface area is 149 Å². The van der Waals surface area contributed by atoms with E-state index in [1.165, 1.54) is 6.07 Å². The molecule has 0 fully saturated rings. The average Bonchev–Trinajstić information content (AvgIpc) is 2.66. The zero-order chi connectivity index (χ0) is 18.6. The molecule has 26 heavy (non-hydrogen) atoms. The van der Waals surface area contributed by atoms with Crippen molar-refractivity contribution in [3.05, 3.63) is 78.9 Å². The van der Waals surface area contributed by atoms with Crippen molar-refractivity contribution in [1.82, 2.24) is 9.97 Å². The molecule has 3 aromatic rings. The molecule has 132 valence electrons. The van der Waals surface area contributed by atoms with Gasteiger partial charge in [0.2, 0.25) is 0 Å². The molecule has 0 saturated carbocycles. The van der Waals surface area contributed by atoms with Crippen LogP contribution in [0.15, 0.2) is 73.3 Å². The van der Waals surface area contributed by atoms with Crippen molar-refractivity contribution in [2.24, 2.45) is 0 Å². The number of hydrogen-bond donors (Lipinski definition) is 1. The van der Waals surface area contributed by atoms with Crippen LogP contribution in [0.5, 0.6) is 0 Å². The monoisotopic (exact) mass is 355 g/mol. The number of alkyl halides is 3. The normalized spacial score (nSPS) is 11.2. The van der Waals surface area contributed by atoms with Gasteiger partial charge in [0.15, 0.2) is 5.82 Å². The van der Waals surface area contributed by atoms with E-state index in [0.29, 0.717) is 29.4 Å². The van der Waals surface area contributed by atoms with Gasteiger partial charge in [-0.3, -0.25) is 0 Å². The molecule has 6 heteroatoms. The number of benzene rings is 2. The Balaban J connectivity index is 2.10. The molecular weight excluding hydrogens is 339 g/mol. The SMILES string of the molecule is C=CCNc1cc(-c2cccc(C(F)(F)F)c2)nc(-c2ccccc2)n1. The molecule has 0 radical (unpaired) electrons. The Morgan fingerprint density at radius 1 is 0.923 bits per heavy atom. The van der Waals surface area contributed by atoms with E-state index in [1.54, 1.807) is 18.2 Å². The summed E-state index contributed by atoms with van der Waals surface area (Å²) in [6.45, 7) is 4.12. The van der Waals surface area contributed by atoms with Crippen LogP contribution < -0.4 is 5.32 Å². The number of rotatable bonds is 5. The van der Waals surface area contributed by atoms with E-state index >= 15 is 0 Å². The Bertz CT molecular complexity index is 906. The highest BCUT2D eigenvalue weighted by Gasteiger charge is 2.30. The lowest BCUT2D eigenvalue weighted by Gasteiger charge is -2.11. The Morgan fingerprint density at radius 3 is 2.35 bits per heavy atom. The minimum absolute atomic E-state index is 0.376. The third-order valence-corrected chi connectivity index (χ3v) is 3.67. The van der Waals surface area contributed by atoms with E-state index in [-0.39, 0.29) is 0 Å². The van der Waals surface area contributed by atoms with Gasteiger partial charge in [-0.25, -0.2) is 9.97 Å². The highest BCUT2D eigenvalue weighted by Crippen LogP contribution is 2.32. The zero-order valence-electron chi connectivity index (χ0n) is 13.8. The fourth-order valence-electron chi connectivity index (χ4n) is 2.43. The minimum Gasteiger partial charge on any atom is -0.366 e. The Kier molecular flexibility index (Phi) is 5.02. The minimum atomic E-state index is -4.41. The molecule has 1 N–H and O–H groups in total. The molecule has 0 amide bonds. The van der Waals surface area contributed by atoms with E-state index < -0.39 is 11.7 Å². The number of anilines is 1. The van der Waals surface area contributed by atoms with Crippen LogP contribution in [-0.4, -0.2) is 16.5 Å². The van der Waals surface area contributed by atoms with Crippen molar-refractivity contribution >= 4 is 5.82 Å². The summed E-state index contributed by atoms with van der Waals surface area (Å²) in [5.74, 6) is 0.957. The summed E-state index contributed by atoms with van der Waals surface area (Å²) >= 11 is 0. The molecule has 3 nitrogen and oxygen atoms in total. The summed E-state index contributed by atoms with van der Waals surface area (Å²) in [7, 11) is 0. The predicted octanol–water partition coefficient (Wildman–Crippen LogP) is 5.43. The zero-order valence-corrected chi connectivity index (χ0v) is 13.8. The maximum absolute atomic E-state index is 13.0. The van der Waals surface area contributed by atoms with Crippen molar-refractivity contribution in [3.63, 3.8) is 0 Å². The lowest BCUT2D eigenvalue weighted by atomic mass is 10.1. The molecule has 0 atom stereocenters. The molecule has 3 rings (SSSR count). The molecular formula is C20H16F3N3. The van der Waals surface area contributed by atoms with Gasteiger partial charge in [-0.05, 0) is 12.1 Å². The molecule has 0 aliphatic heterocycles. The first-order valence-corrected chi connectivity index (χ1v) is 7.94. The molecule has 0 saturated heterocycles. The molecule has 0 aliphatic carbocycles. The number of nitrogens with zero attached hydrogens (tertiary/aromatic N) is 2. The number of nitrogens with one attached hydrogen (secondary N) is 1. The van der Waals surface area contributed by atoms with Gasteiger partial charge in [-0.2, -0.15) is 13.2 Å².